The zero-order chi connectivity index (χ0) is 13.8. The van der Waals surface area contributed by atoms with E-state index >= 15 is 0 Å². The Morgan fingerprint density at radius 3 is 2.56 bits per heavy atom. The molecule has 5 nitrogen and oxygen atoms in total. The van der Waals surface area contributed by atoms with Crippen molar-refractivity contribution in [2.45, 2.75) is 51.6 Å². The third-order valence-electron chi connectivity index (χ3n) is 2.90. The lowest BCUT2D eigenvalue weighted by Gasteiger charge is -2.24. The van der Waals surface area contributed by atoms with Crippen LogP contribution in [0.5, 0.6) is 0 Å². The zero-order valence-corrected chi connectivity index (χ0v) is 11.9. The maximum atomic E-state index is 11.9. The van der Waals surface area contributed by atoms with Gasteiger partial charge in [-0.3, -0.25) is 9.59 Å². The second kappa shape index (κ2) is 6.18. The first-order valence-electron chi connectivity index (χ1n) is 6.56. The van der Waals surface area contributed by atoms with Gasteiger partial charge in [-0.2, -0.15) is 0 Å². The SMILES string of the molecule is CN(CC(=O)NC(C)(C)C)C(=O)CC1CCCN1. The number of nitrogens with one attached hydrogen (secondary N) is 2. The van der Waals surface area contributed by atoms with Crippen LogP contribution >= 0.6 is 0 Å². The highest BCUT2D eigenvalue weighted by Gasteiger charge is 2.22. The second-order valence-corrected chi connectivity index (χ2v) is 6.05. The normalized spacial score (nSPS) is 19.7. The fourth-order valence-electron chi connectivity index (χ4n) is 2.06. The zero-order valence-electron chi connectivity index (χ0n) is 11.9. The van der Waals surface area contributed by atoms with E-state index in [1.54, 1.807) is 7.05 Å². The number of hydrogen-bond donors (Lipinski definition) is 2. The number of hydrogen-bond acceptors (Lipinski definition) is 3. The fraction of sp³-hybridized carbons (Fsp3) is 0.846. The molecule has 1 heterocycles. The Morgan fingerprint density at radius 1 is 1.39 bits per heavy atom. The largest absolute Gasteiger partial charge is 0.350 e. The second-order valence-electron chi connectivity index (χ2n) is 6.05. The molecule has 0 aromatic heterocycles. The quantitative estimate of drug-likeness (QED) is 0.769. The molecular weight excluding hydrogens is 230 g/mol. The summed E-state index contributed by atoms with van der Waals surface area (Å²) in [7, 11) is 1.68. The number of carbonyl (C=O) groups excluding carboxylic acids is 2. The number of nitrogens with zero attached hydrogens (tertiary/aromatic N) is 1. The third-order valence-corrected chi connectivity index (χ3v) is 2.90. The van der Waals surface area contributed by atoms with Gasteiger partial charge in [0.1, 0.15) is 0 Å². The van der Waals surface area contributed by atoms with Crippen molar-refractivity contribution in [1.82, 2.24) is 15.5 Å². The summed E-state index contributed by atoms with van der Waals surface area (Å²) in [6, 6.07) is 0.283. The molecule has 0 radical (unpaired) electrons. The van der Waals surface area contributed by atoms with Gasteiger partial charge in [0, 0.05) is 25.0 Å². The van der Waals surface area contributed by atoms with Crippen LogP contribution < -0.4 is 10.6 Å². The summed E-state index contributed by atoms with van der Waals surface area (Å²) in [5.74, 6) is -0.0869. The first-order chi connectivity index (χ1) is 8.28. The first-order valence-corrected chi connectivity index (χ1v) is 6.56. The van der Waals surface area contributed by atoms with E-state index in [-0.39, 0.29) is 29.9 Å². The van der Waals surface area contributed by atoms with Crippen molar-refractivity contribution in [2.75, 3.05) is 20.1 Å². The lowest BCUT2D eigenvalue weighted by atomic mass is 10.1. The predicted octanol–water partition coefficient (Wildman–Crippen LogP) is 0.502. The molecular formula is C13H25N3O2. The average molecular weight is 255 g/mol. The van der Waals surface area contributed by atoms with Crippen LogP contribution in [0.15, 0.2) is 0 Å². The van der Waals surface area contributed by atoms with E-state index in [1.807, 2.05) is 20.8 Å². The molecule has 1 rings (SSSR count). The highest BCUT2D eigenvalue weighted by Crippen LogP contribution is 2.09. The monoisotopic (exact) mass is 255 g/mol. The molecule has 2 amide bonds. The topological polar surface area (TPSA) is 61.4 Å². The van der Waals surface area contributed by atoms with E-state index in [0.29, 0.717) is 6.42 Å². The van der Waals surface area contributed by atoms with Crippen LogP contribution in [0.25, 0.3) is 0 Å². The van der Waals surface area contributed by atoms with Crippen molar-refractivity contribution in [2.24, 2.45) is 0 Å². The van der Waals surface area contributed by atoms with Crippen molar-refractivity contribution in [3.8, 4) is 0 Å². The Hall–Kier alpha value is -1.10. The van der Waals surface area contributed by atoms with Crippen molar-refractivity contribution in [3.05, 3.63) is 0 Å². The Morgan fingerprint density at radius 2 is 2.06 bits per heavy atom. The average Bonchev–Trinajstić information content (AvgIpc) is 2.66. The Kier molecular flexibility index (Phi) is 5.14. The van der Waals surface area contributed by atoms with Crippen LogP contribution in [0.3, 0.4) is 0 Å². The number of carbonyl (C=O) groups is 2. The maximum absolute atomic E-state index is 11.9. The third kappa shape index (κ3) is 5.49. The van der Waals surface area contributed by atoms with Crippen LogP contribution in [0, 0.1) is 0 Å². The van der Waals surface area contributed by atoms with Crippen molar-refractivity contribution in [1.29, 1.82) is 0 Å². The molecule has 1 fully saturated rings. The summed E-state index contributed by atoms with van der Waals surface area (Å²) < 4.78 is 0. The van der Waals surface area contributed by atoms with Gasteiger partial charge in [0.05, 0.1) is 6.54 Å². The summed E-state index contributed by atoms with van der Waals surface area (Å²) in [6.07, 6.45) is 2.67. The van der Waals surface area contributed by atoms with Crippen molar-refractivity contribution < 1.29 is 9.59 Å². The molecule has 1 unspecified atom stereocenters. The van der Waals surface area contributed by atoms with Crippen LogP contribution in [-0.4, -0.2) is 48.4 Å². The number of likely N-dealkylation sites (N-methyl/N-ethyl adjacent to an activating group) is 1. The Bertz CT molecular complexity index is 304. The van der Waals surface area contributed by atoms with Gasteiger partial charge in [0.25, 0.3) is 0 Å². The van der Waals surface area contributed by atoms with E-state index in [0.717, 1.165) is 19.4 Å². The molecule has 1 saturated heterocycles. The minimum absolute atomic E-state index is 0.0264. The molecule has 1 atom stereocenters. The lowest BCUT2D eigenvalue weighted by Crippen LogP contribution is -2.46. The van der Waals surface area contributed by atoms with Gasteiger partial charge in [-0.25, -0.2) is 0 Å². The Balaban J connectivity index is 2.32. The van der Waals surface area contributed by atoms with Gasteiger partial charge in [0.2, 0.25) is 11.8 Å². The maximum Gasteiger partial charge on any atom is 0.240 e. The van der Waals surface area contributed by atoms with Crippen LogP contribution in [0.2, 0.25) is 0 Å². The van der Waals surface area contributed by atoms with Crippen LogP contribution in [0.4, 0.5) is 0 Å². The number of rotatable bonds is 4. The molecule has 0 spiro atoms. The minimum atomic E-state index is -0.256. The molecule has 5 heteroatoms. The smallest absolute Gasteiger partial charge is 0.240 e. The van der Waals surface area contributed by atoms with E-state index in [1.165, 1.54) is 4.90 Å². The minimum Gasteiger partial charge on any atom is -0.350 e. The van der Waals surface area contributed by atoms with Crippen LogP contribution in [0.1, 0.15) is 40.0 Å². The summed E-state index contributed by atoms with van der Waals surface area (Å²) in [5.41, 5.74) is -0.256. The summed E-state index contributed by atoms with van der Waals surface area (Å²) in [6.45, 7) is 6.90. The standard InChI is InChI=1S/C13H25N3O2/c1-13(2,3)15-11(17)9-16(4)12(18)8-10-6-5-7-14-10/h10,14H,5-9H2,1-4H3,(H,15,17). The molecule has 18 heavy (non-hydrogen) atoms. The Labute approximate surface area is 109 Å². The van der Waals surface area contributed by atoms with Crippen molar-refractivity contribution in [3.63, 3.8) is 0 Å². The molecule has 0 saturated carbocycles. The first kappa shape index (κ1) is 15.0. The number of amides is 2. The van der Waals surface area contributed by atoms with Gasteiger partial charge < -0.3 is 15.5 Å². The lowest BCUT2D eigenvalue weighted by molar-refractivity contribution is -0.135. The molecule has 1 aliphatic heterocycles. The molecule has 0 bridgehead atoms. The summed E-state index contributed by atoms with van der Waals surface area (Å²) in [4.78, 5) is 25.1. The van der Waals surface area contributed by atoms with Gasteiger partial charge in [-0.15, -0.1) is 0 Å². The van der Waals surface area contributed by atoms with Crippen LogP contribution in [-0.2, 0) is 9.59 Å². The van der Waals surface area contributed by atoms with E-state index in [2.05, 4.69) is 10.6 Å². The highest BCUT2D eigenvalue weighted by atomic mass is 16.2. The van der Waals surface area contributed by atoms with Gasteiger partial charge in [-0.1, -0.05) is 0 Å². The van der Waals surface area contributed by atoms with E-state index in [9.17, 15) is 9.59 Å². The van der Waals surface area contributed by atoms with E-state index in [4.69, 9.17) is 0 Å². The molecule has 0 aromatic carbocycles. The van der Waals surface area contributed by atoms with Gasteiger partial charge >= 0.3 is 0 Å². The predicted molar refractivity (Wildman–Crippen MR) is 71.2 cm³/mol. The summed E-state index contributed by atoms with van der Waals surface area (Å²) in [5, 5.41) is 6.14. The van der Waals surface area contributed by atoms with E-state index < -0.39 is 0 Å². The summed E-state index contributed by atoms with van der Waals surface area (Å²) >= 11 is 0. The molecule has 0 aliphatic carbocycles. The molecule has 0 aromatic rings. The van der Waals surface area contributed by atoms with Crippen molar-refractivity contribution >= 4 is 11.8 Å². The molecule has 1 aliphatic rings. The highest BCUT2D eigenvalue weighted by molar-refractivity contribution is 5.85. The van der Waals surface area contributed by atoms with Gasteiger partial charge in [0.15, 0.2) is 0 Å². The molecule has 104 valence electrons. The van der Waals surface area contributed by atoms with Gasteiger partial charge in [-0.05, 0) is 40.2 Å². The fourth-order valence-corrected chi connectivity index (χ4v) is 2.06. The molecule has 2 N–H and O–H groups in total.